The Morgan fingerprint density at radius 2 is 2.14 bits per heavy atom. The van der Waals surface area contributed by atoms with E-state index in [9.17, 15) is 9.90 Å². The summed E-state index contributed by atoms with van der Waals surface area (Å²) in [5.41, 5.74) is 2.99. The summed E-state index contributed by atoms with van der Waals surface area (Å²) in [7, 11) is 1.67. The van der Waals surface area contributed by atoms with Gasteiger partial charge in [0.05, 0.1) is 17.8 Å². The van der Waals surface area contributed by atoms with Crippen molar-refractivity contribution in [2.45, 2.75) is 39.5 Å². The maximum atomic E-state index is 11.3. The van der Waals surface area contributed by atoms with Crippen LogP contribution in [0.2, 0.25) is 0 Å². The molecule has 0 unspecified atom stereocenters. The van der Waals surface area contributed by atoms with Crippen LogP contribution < -0.4 is 4.74 Å². The molecule has 1 heterocycles. The zero-order chi connectivity index (χ0) is 16.1. The van der Waals surface area contributed by atoms with Crippen molar-refractivity contribution in [3.63, 3.8) is 0 Å². The average molecular weight is 319 g/mol. The third kappa shape index (κ3) is 3.65. The molecule has 0 saturated heterocycles. The molecule has 0 fully saturated rings. The van der Waals surface area contributed by atoms with Crippen LogP contribution in [-0.2, 0) is 19.3 Å². The van der Waals surface area contributed by atoms with Crippen LogP contribution in [0.1, 0.15) is 51.8 Å². The maximum absolute atomic E-state index is 11.3. The number of hydrogen-bond donors (Lipinski definition) is 1. The molecule has 0 aliphatic heterocycles. The van der Waals surface area contributed by atoms with Crippen molar-refractivity contribution in [1.29, 1.82) is 0 Å². The Morgan fingerprint density at radius 1 is 1.36 bits per heavy atom. The number of carboxylic acids is 1. The van der Waals surface area contributed by atoms with Gasteiger partial charge in [0.25, 0.3) is 0 Å². The standard InChI is InChI=1S/C17H21NO3S/c1-4-6-13-16(17(19)20)22-15(18-13)10-11-7-8-14(21-3)12(5-2)9-11/h7-9H,4-6,10H2,1-3H3,(H,19,20). The second-order valence-electron chi connectivity index (χ2n) is 5.12. The Hall–Kier alpha value is -1.88. The van der Waals surface area contributed by atoms with E-state index in [1.807, 2.05) is 19.1 Å². The highest BCUT2D eigenvalue weighted by atomic mass is 32.1. The highest BCUT2D eigenvalue weighted by Gasteiger charge is 2.17. The van der Waals surface area contributed by atoms with E-state index in [-0.39, 0.29) is 0 Å². The molecular weight excluding hydrogens is 298 g/mol. The first-order chi connectivity index (χ1) is 10.6. The number of aryl methyl sites for hydroxylation is 2. The normalized spacial score (nSPS) is 10.7. The summed E-state index contributed by atoms with van der Waals surface area (Å²) in [5, 5.41) is 10.1. The smallest absolute Gasteiger partial charge is 0.347 e. The predicted octanol–water partition coefficient (Wildman–Crippen LogP) is 3.96. The van der Waals surface area contributed by atoms with Crippen LogP contribution in [-0.4, -0.2) is 23.2 Å². The third-order valence-electron chi connectivity index (χ3n) is 3.50. The number of benzene rings is 1. The molecule has 1 aromatic carbocycles. The monoisotopic (exact) mass is 319 g/mol. The number of ether oxygens (including phenoxy) is 1. The van der Waals surface area contributed by atoms with Gasteiger partial charge in [-0.15, -0.1) is 11.3 Å². The van der Waals surface area contributed by atoms with Gasteiger partial charge in [0, 0.05) is 6.42 Å². The van der Waals surface area contributed by atoms with Crippen LogP contribution in [0.4, 0.5) is 0 Å². The van der Waals surface area contributed by atoms with E-state index in [2.05, 4.69) is 18.0 Å². The number of methoxy groups -OCH3 is 1. The molecule has 1 aromatic heterocycles. The number of rotatable bonds is 7. The maximum Gasteiger partial charge on any atom is 0.347 e. The van der Waals surface area contributed by atoms with E-state index >= 15 is 0 Å². The highest BCUT2D eigenvalue weighted by molar-refractivity contribution is 7.13. The van der Waals surface area contributed by atoms with Crippen molar-refractivity contribution in [2.75, 3.05) is 7.11 Å². The molecule has 0 aliphatic carbocycles. The fourth-order valence-corrected chi connectivity index (χ4v) is 3.43. The summed E-state index contributed by atoms with van der Waals surface area (Å²) in [5.74, 6) is 0.0134. The minimum Gasteiger partial charge on any atom is -0.496 e. The summed E-state index contributed by atoms with van der Waals surface area (Å²) in [6.45, 7) is 4.12. The van der Waals surface area contributed by atoms with Crippen molar-refractivity contribution in [2.24, 2.45) is 0 Å². The summed E-state index contributed by atoms with van der Waals surface area (Å²) < 4.78 is 5.34. The average Bonchev–Trinajstić information content (AvgIpc) is 2.90. The van der Waals surface area contributed by atoms with Gasteiger partial charge in [-0.05, 0) is 30.0 Å². The lowest BCUT2D eigenvalue weighted by atomic mass is 10.1. The number of aromatic nitrogens is 1. The molecular formula is C17H21NO3S. The molecule has 0 atom stereocenters. The van der Waals surface area contributed by atoms with Crippen LogP contribution in [0, 0.1) is 0 Å². The van der Waals surface area contributed by atoms with Crippen molar-refractivity contribution in [3.05, 3.63) is 44.9 Å². The first-order valence-electron chi connectivity index (χ1n) is 7.46. The fraction of sp³-hybridized carbons (Fsp3) is 0.412. The largest absolute Gasteiger partial charge is 0.496 e. The molecule has 5 heteroatoms. The number of carbonyl (C=O) groups is 1. The Morgan fingerprint density at radius 3 is 2.73 bits per heavy atom. The number of carboxylic acid groups (broad SMARTS) is 1. The van der Waals surface area contributed by atoms with Crippen molar-refractivity contribution in [1.82, 2.24) is 4.98 Å². The number of thiazole rings is 1. The topological polar surface area (TPSA) is 59.4 Å². The van der Waals surface area contributed by atoms with Crippen LogP contribution in [0.3, 0.4) is 0 Å². The molecule has 1 N–H and O–H groups in total. The van der Waals surface area contributed by atoms with Gasteiger partial charge < -0.3 is 9.84 Å². The van der Waals surface area contributed by atoms with Crippen molar-refractivity contribution >= 4 is 17.3 Å². The lowest BCUT2D eigenvalue weighted by molar-refractivity contribution is 0.0700. The van der Waals surface area contributed by atoms with Gasteiger partial charge in [0.1, 0.15) is 10.6 Å². The van der Waals surface area contributed by atoms with Gasteiger partial charge in [-0.2, -0.15) is 0 Å². The first-order valence-corrected chi connectivity index (χ1v) is 8.28. The molecule has 0 amide bonds. The number of aromatic carboxylic acids is 1. The molecule has 2 aromatic rings. The second-order valence-corrected chi connectivity index (χ2v) is 6.20. The zero-order valence-electron chi connectivity index (χ0n) is 13.2. The summed E-state index contributed by atoms with van der Waals surface area (Å²) in [4.78, 5) is 16.2. The van der Waals surface area contributed by atoms with E-state index in [0.29, 0.717) is 23.4 Å². The summed E-state index contributed by atoms with van der Waals surface area (Å²) >= 11 is 1.28. The Labute approximate surface area is 134 Å². The summed E-state index contributed by atoms with van der Waals surface area (Å²) in [6.07, 6.45) is 3.16. The zero-order valence-corrected chi connectivity index (χ0v) is 14.0. The highest BCUT2D eigenvalue weighted by Crippen LogP contribution is 2.25. The molecule has 0 spiro atoms. The SMILES string of the molecule is CCCc1nc(Cc2ccc(OC)c(CC)c2)sc1C(=O)O. The molecule has 22 heavy (non-hydrogen) atoms. The number of hydrogen-bond acceptors (Lipinski definition) is 4. The van der Waals surface area contributed by atoms with E-state index in [1.54, 1.807) is 7.11 Å². The Kier molecular flexibility index (Phi) is 5.55. The third-order valence-corrected chi connectivity index (χ3v) is 4.59. The first kappa shape index (κ1) is 16.5. The minimum absolute atomic E-state index is 0.376. The van der Waals surface area contributed by atoms with E-state index in [1.165, 1.54) is 11.3 Å². The molecule has 4 nitrogen and oxygen atoms in total. The lowest BCUT2D eigenvalue weighted by Crippen LogP contribution is -1.98. The van der Waals surface area contributed by atoms with Gasteiger partial charge in [-0.3, -0.25) is 0 Å². The van der Waals surface area contributed by atoms with E-state index in [0.717, 1.165) is 34.7 Å². The Bertz CT molecular complexity index is 664. The molecule has 0 aliphatic rings. The lowest BCUT2D eigenvalue weighted by Gasteiger charge is -2.08. The van der Waals surface area contributed by atoms with Gasteiger partial charge in [-0.25, -0.2) is 9.78 Å². The van der Waals surface area contributed by atoms with Gasteiger partial charge in [0.15, 0.2) is 0 Å². The second kappa shape index (κ2) is 7.40. The van der Waals surface area contributed by atoms with Crippen LogP contribution in [0.15, 0.2) is 18.2 Å². The molecule has 0 bridgehead atoms. The molecule has 118 valence electrons. The fourth-order valence-electron chi connectivity index (χ4n) is 2.44. The molecule has 2 rings (SSSR count). The molecule has 0 radical (unpaired) electrons. The summed E-state index contributed by atoms with van der Waals surface area (Å²) in [6, 6.07) is 6.09. The Balaban J connectivity index is 2.27. The predicted molar refractivity (Wildman–Crippen MR) is 88.2 cm³/mol. The number of nitrogens with zero attached hydrogens (tertiary/aromatic N) is 1. The van der Waals surface area contributed by atoms with Gasteiger partial charge >= 0.3 is 5.97 Å². The van der Waals surface area contributed by atoms with Gasteiger partial charge in [-0.1, -0.05) is 32.4 Å². The molecule has 0 saturated carbocycles. The van der Waals surface area contributed by atoms with Crippen LogP contribution in [0.25, 0.3) is 0 Å². The van der Waals surface area contributed by atoms with Crippen molar-refractivity contribution < 1.29 is 14.6 Å². The van der Waals surface area contributed by atoms with Crippen LogP contribution >= 0.6 is 11.3 Å². The minimum atomic E-state index is -0.879. The quantitative estimate of drug-likeness (QED) is 0.839. The van der Waals surface area contributed by atoms with Crippen LogP contribution in [0.5, 0.6) is 5.75 Å². The van der Waals surface area contributed by atoms with Gasteiger partial charge in [0.2, 0.25) is 0 Å². The van der Waals surface area contributed by atoms with Crippen molar-refractivity contribution in [3.8, 4) is 5.75 Å². The van der Waals surface area contributed by atoms with E-state index < -0.39 is 5.97 Å². The van der Waals surface area contributed by atoms with E-state index in [4.69, 9.17) is 4.74 Å².